The van der Waals surface area contributed by atoms with E-state index < -0.39 is 58.2 Å². The van der Waals surface area contributed by atoms with Crippen LogP contribution in [0.25, 0.3) is 45.3 Å². The minimum absolute atomic E-state index is 0. The van der Waals surface area contributed by atoms with Crippen LogP contribution in [0.5, 0.6) is 0 Å². The van der Waals surface area contributed by atoms with Crippen molar-refractivity contribution < 1.29 is 56.8 Å². The molecule has 0 aliphatic carbocycles. The maximum absolute atomic E-state index is 13.8. The summed E-state index contributed by atoms with van der Waals surface area (Å²) in [7, 11) is 4.19. The van der Waals surface area contributed by atoms with Gasteiger partial charge in [0.2, 0.25) is 11.2 Å². The summed E-state index contributed by atoms with van der Waals surface area (Å²) < 4.78 is 60.1. The van der Waals surface area contributed by atoms with Gasteiger partial charge < -0.3 is 41.7 Å². The molecule has 2 atom stereocenters. The molecule has 16 nitrogen and oxygen atoms in total. The van der Waals surface area contributed by atoms with Crippen molar-refractivity contribution in [3.8, 4) is 69.0 Å². The lowest BCUT2D eigenvalue weighted by Crippen LogP contribution is -2.37. The fourth-order valence-electron chi connectivity index (χ4n) is 7.05. The lowest BCUT2D eigenvalue weighted by molar-refractivity contribution is -0.138. The Morgan fingerprint density at radius 3 is 1.39 bits per heavy atom. The molecule has 2 fully saturated rings. The van der Waals surface area contributed by atoms with E-state index in [1.54, 1.807) is 69.6 Å². The van der Waals surface area contributed by atoms with Gasteiger partial charge in [0.05, 0.1) is 18.0 Å². The van der Waals surface area contributed by atoms with Crippen LogP contribution in [0.1, 0.15) is 51.9 Å². The molecule has 0 bridgehead atoms. The van der Waals surface area contributed by atoms with Gasteiger partial charge in [-0.25, -0.2) is 42.3 Å². The summed E-state index contributed by atoms with van der Waals surface area (Å²) in [5.74, 6) is 5.43. The highest BCUT2D eigenvalue weighted by Gasteiger charge is 2.43. The van der Waals surface area contributed by atoms with E-state index in [4.69, 9.17) is 15.6 Å². The zero-order chi connectivity index (χ0) is 50.9. The Bertz CT molecular complexity index is 3120. The summed E-state index contributed by atoms with van der Waals surface area (Å²) in [6.07, 6.45) is 0.402. The van der Waals surface area contributed by atoms with Crippen molar-refractivity contribution in [3.63, 3.8) is 0 Å². The standard InChI is InChI=1S/C26H21F2N3O4.C24H18F2N4O3.CH4O.H3N/c1-3-35-24(32)22-15-21(18-12-19(27)14-20(28)13-18)29-23(30-22)17-6-4-5-16(11-17)7-8-26(34)9-10-31(2)25(26)33;1-30-8-7-24(33,23(30)32)6-5-14-3-2-4-15(9-14)22-28-19(13-20(29-22)21(27)31)16-10-17(25)12-18(26)11-16;1-2;/h4-6,11-15,34H,3,9-10H2,1-2H3;2-4,9-13,33H,7-8H2,1H3,(H2,27,31);2H,1H3;1H3/t26-;24-;;/m00../s1. The first kappa shape index (κ1) is 53.6. The van der Waals surface area contributed by atoms with Gasteiger partial charge >= 0.3 is 5.97 Å². The molecule has 20 heteroatoms. The molecule has 0 saturated carbocycles. The van der Waals surface area contributed by atoms with Crippen LogP contribution in [0.3, 0.4) is 0 Å². The van der Waals surface area contributed by atoms with Gasteiger partial charge in [0.1, 0.15) is 29.0 Å². The quantitative estimate of drug-likeness (QED) is 0.0793. The Balaban J connectivity index is 0.000000252. The van der Waals surface area contributed by atoms with Crippen molar-refractivity contribution >= 4 is 23.7 Å². The van der Waals surface area contributed by atoms with Crippen molar-refractivity contribution in [2.75, 3.05) is 40.9 Å². The largest absolute Gasteiger partial charge is 0.461 e. The van der Waals surface area contributed by atoms with Gasteiger partial charge in [0, 0.05) is 92.6 Å². The first-order chi connectivity index (χ1) is 33.3. The number of primary amides is 1. The van der Waals surface area contributed by atoms with E-state index in [0.29, 0.717) is 35.3 Å². The molecule has 2 saturated heterocycles. The maximum atomic E-state index is 13.8. The SMILES string of the molecule is CCOC(=O)c1cc(-c2cc(F)cc(F)c2)nc(-c2cccc(C#C[C@]3(O)CCN(C)C3=O)c2)n1.CN1CC[C@@](O)(C#Cc2cccc(-c3nc(C(N)=O)cc(-c4cc(F)cc(F)c4)n3)c2)C1=O.CO.N. The molecule has 0 unspecified atom stereocenters. The number of rotatable bonds is 7. The fourth-order valence-corrected chi connectivity index (χ4v) is 7.05. The first-order valence-electron chi connectivity index (χ1n) is 21.2. The van der Waals surface area contributed by atoms with Crippen molar-refractivity contribution in [1.29, 1.82) is 0 Å². The number of halogens is 4. The Morgan fingerprint density at radius 2 is 1.03 bits per heavy atom. The van der Waals surface area contributed by atoms with Crippen LogP contribution in [-0.4, -0.2) is 121 Å². The number of aliphatic hydroxyl groups excluding tert-OH is 1. The zero-order valence-electron chi connectivity index (χ0n) is 38.6. The van der Waals surface area contributed by atoms with E-state index in [0.717, 1.165) is 43.5 Å². The number of nitrogens with zero attached hydrogens (tertiary/aromatic N) is 6. The van der Waals surface area contributed by atoms with E-state index in [1.165, 1.54) is 21.9 Å². The smallest absolute Gasteiger partial charge is 0.357 e. The van der Waals surface area contributed by atoms with Gasteiger partial charge in [-0.1, -0.05) is 47.9 Å². The van der Waals surface area contributed by atoms with Crippen LogP contribution in [0, 0.1) is 47.0 Å². The second-order valence-corrected chi connectivity index (χ2v) is 15.7. The second kappa shape index (κ2) is 22.8. The number of benzene rings is 4. The summed E-state index contributed by atoms with van der Waals surface area (Å²) in [6, 6.07) is 21.6. The molecule has 0 spiro atoms. The summed E-state index contributed by atoms with van der Waals surface area (Å²) in [4.78, 5) is 68.5. The molecule has 2 aliphatic heterocycles. The number of likely N-dealkylation sites (tertiary alicyclic amines) is 2. The molecule has 4 aromatic carbocycles. The molecule has 366 valence electrons. The van der Waals surface area contributed by atoms with E-state index >= 15 is 0 Å². The Kier molecular flexibility index (Phi) is 17.2. The molecule has 4 heterocycles. The van der Waals surface area contributed by atoms with Crippen LogP contribution >= 0.6 is 0 Å². The van der Waals surface area contributed by atoms with Crippen LogP contribution in [-0.2, 0) is 14.3 Å². The number of nitrogens with two attached hydrogens (primary N) is 1. The highest BCUT2D eigenvalue weighted by Crippen LogP contribution is 2.28. The number of likely N-dealkylation sites (N-methyl/N-ethyl adjacent to an activating group) is 2. The van der Waals surface area contributed by atoms with E-state index in [9.17, 15) is 47.0 Å². The third-order valence-electron chi connectivity index (χ3n) is 10.6. The van der Waals surface area contributed by atoms with Crippen LogP contribution in [0.2, 0.25) is 0 Å². The van der Waals surface area contributed by atoms with Gasteiger partial charge in [0.25, 0.3) is 17.7 Å². The Hall–Kier alpha value is -8.40. The average Bonchev–Trinajstić information content (AvgIpc) is 3.76. The fraction of sp³-hybridized carbons (Fsp3) is 0.216. The number of esters is 1. The summed E-state index contributed by atoms with van der Waals surface area (Å²) in [5, 5.41) is 28.0. The van der Waals surface area contributed by atoms with Gasteiger partial charge in [0.15, 0.2) is 17.3 Å². The van der Waals surface area contributed by atoms with E-state index in [1.807, 2.05) is 0 Å². The number of hydrogen-bond donors (Lipinski definition) is 5. The van der Waals surface area contributed by atoms with Crippen molar-refractivity contribution in [2.45, 2.75) is 31.0 Å². The first-order valence-corrected chi connectivity index (χ1v) is 21.2. The molecular weight excluding hydrogens is 929 g/mol. The predicted molar refractivity (Wildman–Crippen MR) is 251 cm³/mol. The minimum Gasteiger partial charge on any atom is -0.461 e. The number of ether oxygens (including phenoxy) is 1. The molecule has 6 aromatic rings. The normalized spacial score (nSPS) is 16.7. The molecule has 2 aliphatic rings. The summed E-state index contributed by atoms with van der Waals surface area (Å²) in [6.45, 7) is 2.57. The maximum Gasteiger partial charge on any atom is 0.357 e. The highest BCUT2D eigenvalue weighted by molar-refractivity contribution is 5.93. The highest BCUT2D eigenvalue weighted by atomic mass is 19.1. The van der Waals surface area contributed by atoms with Crippen molar-refractivity contribution in [2.24, 2.45) is 5.73 Å². The third-order valence-corrected chi connectivity index (χ3v) is 10.6. The van der Waals surface area contributed by atoms with Crippen LogP contribution < -0.4 is 11.9 Å². The third kappa shape index (κ3) is 12.8. The number of aliphatic hydroxyl groups is 3. The van der Waals surface area contributed by atoms with Gasteiger partial charge in [-0.15, -0.1) is 0 Å². The summed E-state index contributed by atoms with van der Waals surface area (Å²) in [5.41, 5.74) is 4.00. The lowest BCUT2D eigenvalue weighted by atomic mass is 10.0. The molecular formula is C51H46F4N8O8. The second-order valence-electron chi connectivity index (χ2n) is 15.7. The van der Waals surface area contributed by atoms with Crippen LogP contribution in [0.15, 0.2) is 97.1 Å². The number of aromatic nitrogens is 4. The minimum atomic E-state index is -1.75. The summed E-state index contributed by atoms with van der Waals surface area (Å²) >= 11 is 0. The number of amides is 3. The number of hydrogen-bond acceptors (Lipinski definition) is 13. The van der Waals surface area contributed by atoms with Crippen LogP contribution in [0.4, 0.5) is 17.6 Å². The molecule has 0 radical (unpaired) electrons. The molecule has 3 amide bonds. The average molecular weight is 975 g/mol. The topological polar surface area (TPSA) is 257 Å². The molecule has 2 aromatic heterocycles. The molecule has 71 heavy (non-hydrogen) atoms. The van der Waals surface area contributed by atoms with E-state index in [2.05, 4.69) is 43.6 Å². The Morgan fingerprint density at radius 1 is 0.634 bits per heavy atom. The number of carbonyl (C=O) groups is 4. The lowest BCUT2D eigenvalue weighted by Gasteiger charge is -2.13. The molecule has 8 rings (SSSR count). The Labute approximate surface area is 404 Å². The van der Waals surface area contributed by atoms with Gasteiger partial charge in [-0.05, 0) is 67.6 Å². The predicted octanol–water partition coefficient (Wildman–Crippen LogP) is 5.11. The number of carbonyl (C=O) groups excluding carboxylic acids is 4. The zero-order valence-corrected chi connectivity index (χ0v) is 38.6. The monoisotopic (exact) mass is 974 g/mol. The van der Waals surface area contributed by atoms with E-state index in [-0.39, 0.29) is 71.2 Å². The van der Waals surface area contributed by atoms with Crippen molar-refractivity contribution in [3.05, 3.63) is 143 Å². The van der Waals surface area contributed by atoms with Crippen molar-refractivity contribution in [1.82, 2.24) is 35.9 Å². The molecule has 8 N–H and O–H groups in total. The van der Waals surface area contributed by atoms with Gasteiger partial charge in [-0.3, -0.25) is 14.4 Å². The van der Waals surface area contributed by atoms with Gasteiger partial charge in [-0.2, -0.15) is 0 Å².